The first-order chi connectivity index (χ1) is 16.7. The van der Waals surface area contributed by atoms with Crippen LogP contribution >= 0.6 is 0 Å². The van der Waals surface area contributed by atoms with Crippen LogP contribution in [0.25, 0.3) is 0 Å². The van der Waals surface area contributed by atoms with Crippen LogP contribution in [0.1, 0.15) is 133 Å². The van der Waals surface area contributed by atoms with Gasteiger partial charge in [0.2, 0.25) is 0 Å². The molecular formula is C31H47FO2. The van der Waals surface area contributed by atoms with Crippen molar-refractivity contribution in [1.29, 1.82) is 0 Å². The van der Waals surface area contributed by atoms with E-state index in [2.05, 4.69) is 19.1 Å². The zero-order valence-corrected chi connectivity index (χ0v) is 21.5. The fourth-order valence-corrected chi connectivity index (χ4v) is 7.83. The maximum absolute atomic E-state index is 15.3. The van der Waals surface area contributed by atoms with Crippen LogP contribution in [0.4, 0.5) is 4.39 Å². The van der Waals surface area contributed by atoms with Crippen LogP contribution in [0.2, 0.25) is 0 Å². The summed E-state index contributed by atoms with van der Waals surface area (Å²) in [4.78, 5) is 0. The molecule has 4 aliphatic rings. The lowest BCUT2D eigenvalue weighted by Gasteiger charge is -2.41. The van der Waals surface area contributed by atoms with E-state index in [1.54, 1.807) is 0 Å². The molecular weight excluding hydrogens is 423 g/mol. The highest BCUT2D eigenvalue weighted by Gasteiger charge is 2.42. The number of unbranched alkanes of at least 4 members (excludes halogenated alkanes) is 2. The molecule has 0 aromatic heterocycles. The van der Waals surface area contributed by atoms with E-state index in [1.807, 2.05) is 6.07 Å². The zero-order valence-electron chi connectivity index (χ0n) is 21.5. The molecule has 0 unspecified atom stereocenters. The van der Waals surface area contributed by atoms with Crippen molar-refractivity contribution in [3.05, 3.63) is 35.1 Å². The van der Waals surface area contributed by atoms with Crippen LogP contribution in [-0.4, -0.2) is 19.0 Å². The average Bonchev–Trinajstić information content (AvgIpc) is 3.33. The molecule has 5 rings (SSSR count). The van der Waals surface area contributed by atoms with Gasteiger partial charge in [-0.15, -0.1) is 0 Å². The summed E-state index contributed by atoms with van der Waals surface area (Å²) in [5.41, 5.74) is 2.25. The summed E-state index contributed by atoms with van der Waals surface area (Å²) in [5.74, 6) is 3.34. The highest BCUT2D eigenvalue weighted by Crippen LogP contribution is 2.47. The smallest absolute Gasteiger partial charge is 0.168 e. The summed E-state index contributed by atoms with van der Waals surface area (Å²) < 4.78 is 27.1. The molecule has 3 aliphatic carbocycles. The summed E-state index contributed by atoms with van der Waals surface area (Å²) in [6.45, 7) is 3.81. The molecule has 3 heteroatoms. The third-order valence-electron chi connectivity index (χ3n) is 10.0. The van der Waals surface area contributed by atoms with Crippen molar-refractivity contribution in [2.75, 3.05) is 13.2 Å². The molecule has 34 heavy (non-hydrogen) atoms. The number of benzene rings is 1. The molecule has 2 nitrogen and oxygen atoms in total. The third-order valence-corrected chi connectivity index (χ3v) is 10.0. The normalized spacial score (nSPS) is 32.3. The maximum Gasteiger partial charge on any atom is 0.168 e. The molecule has 0 N–H and O–H groups in total. The van der Waals surface area contributed by atoms with E-state index in [9.17, 15) is 0 Å². The molecule has 0 amide bonds. The van der Waals surface area contributed by atoms with Crippen molar-refractivity contribution >= 4 is 0 Å². The second-order valence-electron chi connectivity index (χ2n) is 12.1. The first-order valence-electron chi connectivity index (χ1n) is 14.7. The fraction of sp³-hybridized carbons (Fsp3) is 0.806. The fourth-order valence-electron chi connectivity index (χ4n) is 7.83. The van der Waals surface area contributed by atoms with Crippen LogP contribution in [0.3, 0.4) is 0 Å². The Morgan fingerprint density at radius 2 is 1.44 bits per heavy atom. The van der Waals surface area contributed by atoms with Gasteiger partial charge in [0.15, 0.2) is 5.79 Å². The Balaban J connectivity index is 1.09. The van der Waals surface area contributed by atoms with Crippen LogP contribution in [0, 0.1) is 23.6 Å². The van der Waals surface area contributed by atoms with E-state index in [0.29, 0.717) is 11.8 Å². The number of hydrogen-bond donors (Lipinski definition) is 0. The Kier molecular flexibility index (Phi) is 8.31. The van der Waals surface area contributed by atoms with Crippen LogP contribution in [0.15, 0.2) is 18.2 Å². The Morgan fingerprint density at radius 3 is 2.09 bits per heavy atom. The lowest BCUT2D eigenvalue weighted by molar-refractivity contribution is -0.185. The highest BCUT2D eigenvalue weighted by atomic mass is 19.1. The average molecular weight is 471 g/mol. The lowest BCUT2D eigenvalue weighted by atomic mass is 9.69. The molecule has 1 heterocycles. The van der Waals surface area contributed by atoms with Gasteiger partial charge in [0.05, 0.1) is 13.2 Å². The topological polar surface area (TPSA) is 18.5 Å². The van der Waals surface area contributed by atoms with Gasteiger partial charge >= 0.3 is 0 Å². The predicted octanol–water partition coefficient (Wildman–Crippen LogP) is 8.89. The molecule has 1 saturated heterocycles. The predicted molar refractivity (Wildman–Crippen MR) is 137 cm³/mol. The van der Waals surface area contributed by atoms with Crippen molar-refractivity contribution in [2.45, 2.75) is 127 Å². The van der Waals surface area contributed by atoms with Gasteiger partial charge in [0, 0.05) is 12.8 Å². The van der Waals surface area contributed by atoms with Gasteiger partial charge in [-0.1, -0.05) is 44.7 Å². The van der Waals surface area contributed by atoms with Crippen molar-refractivity contribution in [1.82, 2.24) is 0 Å². The lowest BCUT2D eigenvalue weighted by Crippen LogP contribution is -2.37. The SMILES string of the molecule is CCCCCC1CCC(c2ccc(C3CCC(C4CCC5(CC4)OCCO5)CC3)c(F)c2)CC1. The van der Waals surface area contributed by atoms with Gasteiger partial charge in [-0.3, -0.25) is 0 Å². The van der Waals surface area contributed by atoms with Gasteiger partial charge in [0.25, 0.3) is 0 Å². The van der Waals surface area contributed by atoms with Gasteiger partial charge in [-0.25, -0.2) is 4.39 Å². The molecule has 1 aliphatic heterocycles. The van der Waals surface area contributed by atoms with Crippen molar-refractivity contribution in [3.8, 4) is 0 Å². The Labute approximate surface area is 207 Å². The summed E-state index contributed by atoms with van der Waals surface area (Å²) in [5, 5.41) is 0. The Hall–Kier alpha value is -0.930. The van der Waals surface area contributed by atoms with Crippen molar-refractivity contribution in [3.63, 3.8) is 0 Å². The molecule has 1 aromatic rings. The molecule has 4 fully saturated rings. The zero-order chi connectivity index (χ0) is 23.4. The highest BCUT2D eigenvalue weighted by molar-refractivity contribution is 5.30. The first kappa shape index (κ1) is 24.8. The van der Waals surface area contributed by atoms with Gasteiger partial charge in [-0.2, -0.15) is 0 Å². The Morgan fingerprint density at radius 1 is 0.794 bits per heavy atom. The van der Waals surface area contributed by atoms with E-state index in [1.165, 1.54) is 82.6 Å². The molecule has 0 radical (unpaired) electrons. The first-order valence-corrected chi connectivity index (χ1v) is 14.7. The van der Waals surface area contributed by atoms with Gasteiger partial charge in [0.1, 0.15) is 5.82 Å². The summed E-state index contributed by atoms with van der Waals surface area (Å²) in [6.07, 6.45) is 20.1. The Bertz CT molecular complexity index is 760. The van der Waals surface area contributed by atoms with E-state index < -0.39 is 0 Å². The van der Waals surface area contributed by atoms with Crippen LogP contribution < -0.4 is 0 Å². The second-order valence-corrected chi connectivity index (χ2v) is 12.1. The van der Waals surface area contributed by atoms with E-state index in [4.69, 9.17) is 9.47 Å². The molecule has 3 saturated carbocycles. The van der Waals surface area contributed by atoms with Crippen LogP contribution in [0.5, 0.6) is 0 Å². The molecule has 1 aromatic carbocycles. The molecule has 0 atom stereocenters. The quantitative estimate of drug-likeness (QED) is 0.370. The number of rotatable bonds is 7. The number of hydrogen-bond acceptors (Lipinski definition) is 2. The summed E-state index contributed by atoms with van der Waals surface area (Å²) in [6, 6.07) is 6.34. The minimum Gasteiger partial charge on any atom is -0.348 e. The monoisotopic (exact) mass is 470 g/mol. The number of ether oxygens (including phenoxy) is 2. The summed E-state index contributed by atoms with van der Waals surface area (Å²) in [7, 11) is 0. The van der Waals surface area contributed by atoms with Crippen molar-refractivity contribution in [2.24, 2.45) is 17.8 Å². The van der Waals surface area contributed by atoms with Crippen molar-refractivity contribution < 1.29 is 13.9 Å². The third kappa shape index (κ3) is 5.72. The van der Waals surface area contributed by atoms with Gasteiger partial charge < -0.3 is 9.47 Å². The van der Waals surface area contributed by atoms with E-state index in [0.717, 1.165) is 62.2 Å². The number of halogens is 1. The second kappa shape index (κ2) is 11.4. The van der Waals surface area contributed by atoms with E-state index >= 15 is 4.39 Å². The maximum atomic E-state index is 15.3. The van der Waals surface area contributed by atoms with E-state index in [-0.39, 0.29) is 11.6 Å². The summed E-state index contributed by atoms with van der Waals surface area (Å²) >= 11 is 0. The minimum atomic E-state index is -0.243. The standard InChI is InChI=1S/C31H47FO2/c1-2-3-4-5-23-6-8-25(9-7-23)28-14-15-29(30(32)22-28)27-12-10-24(11-13-27)26-16-18-31(19-17-26)33-20-21-34-31/h14-15,22-27H,2-13,16-21H2,1H3. The minimum absolute atomic E-state index is 0.0705. The molecule has 1 spiro atoms. The van der Waals surface area contributed by atoms with Gasteiger partial charge in [-0.05, 0) is 111 Å². The molecule has 0 bridgehead atoms. The molecule has 190 valence electrons. The van der Waals surface area contributed by atoms with Crippen LogP contribution in [-0.2, 0) is 9.47 Å². The largest absolute Gasteiger partial charge is 0.348 e.